The lowest BCUT2D eigenvalue weighted by atomic mass is 9.80. The maximum absolute atomic E-state index is 2.58. The van der Waals surface area contributed by atoms with Gasteiger partial charge in [0.05, 0.1) is 16.1 Å². The van der Waals surface area contributed by atoms with Crippen molar-refractivity contribution in [3.05, 3.63) is 23.3 Å². The van der Waals surface area contributed by atoms with Crippen molar-refractivity contribution in [2.24, 2.45) is 0 Å². The molecule has 2 aliphatic rings. The van der Waals surface area contributed by atoms with Crippen molar-refractivity contribution in [1.29, 1.82) is 0 Å². The van der Waals surface area contributed by atoms with Crippen molar-refractivity contribution in [3.63, 3.8) is 0 Å². The second-order valence-corrected chi connectivity index (χ2v) is 18.3. The van der Waals surface area contributed by atoms with Crippen LogP contribution >= 0.6 is 0 Å². The van der Waals surface area contributed by atoms with Crippen molar-refractivity contribution in [2.45, 2.75) is 63.2 Å². The summed E-state index contributed by atoms with van der Waals surface area (Å²) in [5.41, 5.74) is 5.41. The first-order chi connectivity index (χ1) is 7.21. The molecule has 2 aliphatic carbocycles. The lowest BCUT2D eigenvalue weighted by Crippen LogP contribution is -2.38. The molecule has 2 atom stereocenters. The van der Waals surface area contributed by atoms with E-state index in [-0.39, 0.29) is 0 Å². The smallest absolute Gasteiger partial charge is 0.0561 e. The standard InChI is InChI=1S/C14H26Si2/c1-15(2,3)13-9-10-14(16(4,5)6)12-8-7-11(12)13/h9-10,13-14H,7-8H2,1-6H3. The Bertz CT molecular complexity index is 316. The number of hydrogen-bond donors (Lipinski definition) is 0. The summed E-state index contributed by atoms with van der Waals surface area (Å²) in [5.74, 6) is 0. The second-order valence-electron chi connectivity index (χ2n) is 7.62. The largest absolute Gasteiger partial charge is 0.0838 e. The van der Waals surface area contributed by atoms with Crippen LogP contribution in [0.3, 0.4) is 0 Å². The molecule has 0 heterocycles. The van der Waals surface area contributed by atoms with Crippen molar-refractivity contribution >= 4 is 16.1 Å². The number of allylic oxidation sites excluding steroid dienone is 4. The molecule has 0 nitrogen and oxygen atoms in total. The van der Waals surface area contributed by atoms with E-state index in [1.54, 1.807) is 0 Å². The van der Waals surface area contributed by atoms with Crippen molar-refractivity contribution < 1.29 is 0 Å². The molecule has 2 heteroatoms. The van der Waals surface area contributed by atoms with E-state index in [4.69, 9.17) is 0 Å². The molecule has 0 spiro atoms. The molecular formula is C14H26Si2. The molecule has 0 aliphatic heterocycles. The molecule has 0 N–H and O–H groups in total. The Balaban J connectivity index is 2.31. The minimum atomic E-state index is -1.03. The van der Waals surface area contributed by atoms with Gasteiger partial charge < -0.3 is 0 Å². The van der Waals surface area contributed by atoms with E-state index in [1.165, 1.54) is 12.8 Å². The number of hydrogen-bond acceptors (Lipinski definition) is 0. The van der Waals surface area contributed by atoms with Gasteiger partial charge in [-0.25, -0.2) is 0 Å². The van der Waals surface area contributed by atoms with Crippen LogP contribution in [-0.2, 0) is 0 Å². The van der Waals surface area contributed by atoms with E-state index >= 15 is 0 Å². The third-order valence-corrected chi connectivity index (χ3v) is 9.00. The van der Waals surface area contributed by atoms with Gasteiger partial charge >= 0.3 is 0 Å². The highest BCUT2D eigenvalue weighted by Crippen LogP contribution is 2.53. The van der Waals surface area contributed by atoms with Gasteiger partial charge in [0, 0.05) is 0 Å². The van der Waals surface area contributed by atoms with E-state index in [1.807, 2.05) is 11.1 Å². The Kier molecular flexibility index (Phi) is 2.87. The Hall–Kier alpha value is -0.0862. The lowest BCUT2D eigenvalue weighted by molar-refractivity contribution is 0.716. The first kappa shape index (κ1) is 12.4. The van der Waals surface area contributed by atoms with E-state index in [0.717, 1.165) is 11.1 Å². The molecule has 90 valence electrons. The van der Waals surface area contributed by atoms with Crippen LogP contribution < -0.4 is 0 Å². The molecule has 2 unspecified atom stereocenters. The summed E-state index contributed by atoms with van der Waals surface area (Å²) >= 11 is 0. The van der Waals surface area contributed by atoms with Gasteiger partial charge in [0.15, 0.2) is 0 Å². The molecule has 0 amide bonds. The Morgan fingerprint density at radius 3 is 1.25 bits per heavy atom. The first-order valence-electron chi connectivity index (χ1n) is 6.61. The molecule has 0 fully saturated rings. The zero-order valence-corrected chi connectivity index (χ0v) is 13.7. The first-order valence-corrected chi connectivity index (χ1v) is 13.8. The van der Waals surface area contributed by atoms with Crippen LogP contribution in [0.5, 0.6) is 0 Å². The predicted molar refractivity (Wildman–Crippen MR) is 79.6 cm³/mol. The average Bonchev–Trinajstić information content (AvgIpc) is 2.01. The fourth-order valence-corrected chi connectivity index (χ4v) is 7.33. The highest BCUT2D eigenvalue weighted by molar-refractivity contribution is 6.80. The van der Waals surface area contributed by atoms with Crippen molar-refractivity contribution in [2.75, 3.05) is 0 Å². The highest BCUT2D eigenvalue weighted by atomic mass is 28.3. The lowest BCUT2D eigenvalue weighted by Gasteiger charge is -2.45. The summed E-state index contributed by atoms with van der Waals surface area (Å²) in [6.45, 7) is 15.1. The molecule has 0 radical (unpaired) electrons. The van der Waals surface area contributed by atoms with Crippen LogP contribution in [0.2, 0.25) is 50.4 Å². The topological polar surface area (TPSA) is 0 Å². The molecule has 0 saturated heterocycles. The normalized spacial score (nSPS) is 30.1. The summed E-state index contributed by atoms with van der Waals surface area (Å²) in [7, 11) is -2.06. The van der Waals surface area contributed by atoms with Crippen LogP contribution in [0.25, 0.3) is 0 Å². The monoisotopic (exact) mass is 250 g/mol. The molecule has 0 saturated carbocycles. The van der Waals surface area contributed by atoms with Gasteiger partial charge in [-0.3, -0.25) is 0 Å². The van der Waals surface area contributed by atoms with Crippen molar-refractivity contribution in [3.8, 4) is 0 Å². The van der Waals surface area contributed by atoms with Gasteiger partial charge in [0.25, 0.3) is 0 Å². The molecule has 0 bridgehead atoms. The third-order valence-electron chi connectivity index (χ3n) is 4.19. The van der Waals surface area contributed by atoms with Crippen LogP contribution in [0.1, 0.15) is 12.8 Å². The quantitative estimate of drug-likeness (QED) is 0.474. The second kappa shape index (κ2) is 3.71. The van der Waals surface area contributed by atoms with E-state index in [0.29, 0.717) is 0 Å². The van der Waals surface area contributed by atoms with E-state index in [9.17, 15) is 0 Å². The molecule has 0 aromatic rings. The van der Waals surface area contributed by atoms with Crippen LogP contribution in [0.4, 0.5) is 0 Å². The molecule has 2 rings (SSSR count). The zero-order chi connectivity index (χ0) is 12.1. The summed E-state index contributed by atoms with van der Waals surface area (Å²) < 4.78 is 0. The maximum atomic E-state index is 2.58. The molecule has 16 heavy (non-hydrogen) atoms. The minimum absolute atomic E-state index is 0.851. The van der Waals surface area contributed by atoms with E-state index in [2.05, 4.69) is 51.4 Å². The van der Waals surface area contributed by atoms with Gasteiger partial charge in [-0.15, -0.1) is 0 Å². The fourth-order valence-electron chi connectivity index (χ4n) is 3.20. The van der Waals surface area contributed by atoms with Gasteiger partial charge in [-0.2, -0.15) is 0 Å². The van der Waals surface area contributed by atoms with Crippen LogP contribution in [0.15, 0.2) is 23.3 Å². The highest BCUT2D eigenvalue weighted by Gasteiger charge is 2.41. The number of rotatable bonds is 2. The fraction of sp³-hybridized carbons (Fsp3) is 0.714. The SMILES string of the molecule is C[Si](C)(C)C1C=CC([Si](C)(C)C)C2=C1CC2. The molecule has 0 aromatic carbocycles. The average molecular weight is 251 g/mol. The predicted octanol–water partition coefficient (Wildman–Crippen LogP) is 5.06. The van der Waals surface area contributed by atoms with Gasteiger partial charge in [-0.1, -0.05) is 62.6 Å². The van der Waals surface area contributed by atoms with E-state index < -0.39 is 16.1 Å². The summed E-state index contributed by atoms with van der Waals surface area (Å²) in [4.78, 5) is 0. The van der Waals surface area contributed by atoms with Gasteiger partial charge in [0.1, 0.15) is 0 Å². The van der Waals surface area contributed by atoms with Gasteiger partial charge in [-0.05, 0) is 23.9 Å². The Labute approximate surface area is 103 Å². The summed E-state index contributed by atoms with van der Waals surface area (Å²) in [5, 5.41) is 0. The van der Waals surface area contributed by atoms with Crippen molar-refractivity contribution in [1.82, 2.24) is 0 Å². The van der Waals surface area contributed by atoms with Gasteiger partial charge in [0.2, 0.25) is 0 Å². The summed E-state index contributed by atoms with van der Waals surface area (Å²) in [6.07, 6.45) is 7.95. The molecule has 0 aromatic heterocycles. The Morgan fingerprint density at radius 1 is 0.750 bits per heavy atom. The minimum Gasteiger partial charge on any atom is -0.0838 e. The maximum Gasteiger partial charge on any atom is 0.0561 e. The van der Waals surface area contributed by atoms with Crippen LogP contribution in [0, 0.1) is 0 Å². The van der Waals surface area contributed by atoms with Crippen LogP contribution in [-0.4, -0.2) is 16.1 Å². The molecular weight excluding hydrogens is 224 g/mol. The Morgan fingerprint density at radius 2 is 1.06 bits per heavy atom. The third kappa shape index (κ3) is 2.02. The summed E-state index contributed by atoms with van der Waals surface area (Å²) in [6, 6.07) is 0. The zero-order valence-electron chi connectivity index (χ0n) is 11.7.